The molecule has 1 fully saturated rings. The Morgan fingerprint density at radius 1 is 1.64 bits per heavy atom. The SMILES string of the molecule is C=CC(C)(CN)CC1CCC(C)(C)O1. The Balaban J connectivity index is 2.50. The zero-order valence-corrected chi connectivity index (χ0v) is 9.68. The molecule has 0 spiro atoms. The van der Waals surface area contributed by atoms with Crippen molar-refractivity contribution < 1.29 is 4.74 Å². The lowest BCUT2D eigenvalue weighted by molar-refractivity contribution is -0.0284. The van der Waals surface area contributed by atoms with Gasteiger partial charge in [0.2, 0.25) is 0 Å². The molecule has 0 aromatic heterocycles. The monoisotopic (exact) mass is 197 g/mol. The fourth-order valence-electron chi connectivity index (χ4n) is 1.99. The van der Waals surface area contributed by atoms with Gasteiger partial charge in [-0.3, -0.25) is 0 Å². The molecule has 1 aliphatic heterocycles. The lowest BCUT2D eigenvalue weighted by Gasteiger charge is -2.28. The van der Waals surface area contributed by atoms with E-state index in [2.05, 4.69) is 27.4 Å². The Labute approximate surface area is 87.5 Å². The zero-order valence-electron chi connectivity index (χ0n) is 9.68. The summed E-state index contributed by atoms with van der Waals surface area (Å²) in [5.41, 5.74) is 5.83. The van der Waals surface area contributed by atoms with Crippen molar-refractivity contribution in [2.45, 2.75) is 51.7 Å². The summed E-state index contributed by atoms with van der Waals surface area (Å²) in [7, 11) is 0. The average molecular weight is 197 g/mol. The van der Waals surface area contributed by atoms with Gasteiger partial charge in [0.15, 0.2) is 0 Å². The summed E-state index contributed by atoms with van der Waals surface area (Å²) in [6.45, 7) is 11.0. The smallest absolute Gasteiger partial charge is 0.0631 e. The molecule has 2 unspecified atom stereocenters. The highest BCUT2D eigenvalue weighted by atomic mass is 16.5. The van der Waals surface area contributed by atoms with Gasteiger partial charge in [0.05, 0.1) is 11.7 Å². The van der Waals surface area contributed by atoms with Crippen LogP contribution >= 0.6 is 0 Å². The molecule has 2 atom stereocenters. The van der Waals surface area contributed by atoms with Crippen molar-refractivity contribution in [2.75, 3.05) is 6.54 Å². The van der Waals surface area contributed by atoms with Gasteiger partial charge in [0.1, 0.15) is 0 Å². The highest BCUT2D eigenvalue weighted by molar-refractivity contribution is 4.96. The van der Waals surface area contributed by atoms with E-state index in [1.54, 1.807) is 0 Å². The van der Waals surface area contributed by atoms with Gasteiger partial charge in [-0.15, -0.1) is 6.58 Å². The Bertz CT molecular complexity index is 212. The van der Waals surface area contributed by atoms with Crippen LogP contribution in [-0.4, -0.2) is 18.2 Å². The van der Waals surface area contributed by atoms with E-state index in [1.807, 2.05) is 6.08 Å². The highest BCUT2D eigenvalue weighted by Crippen LogP contribution is 2.36. The van der Waals surface area contributed by atoms with Crippen molar-refractivity contribution in [2.24, 2.45) is 11.1 Å². The number of rotatable bonds is 4. The second-order valence-corrected chi connectivity index (χ2v) is 5.30. The van der Waals surface area contributed by atoms with Gasteiger partial charge < -0.3 is 10.5 Å². The number of ether oxygens (including phenoxy) is 1. The van der Waals surface area contributed by atoms with E-state index in [0.29, 0.717) is 12.6 Å². The molecule has 1 heterocycles. The van der Waals surface area contributed by atoms with Crippen LogP contribution in [0, 0.1) is 5.41 Å². The van der Waals surface area contributed by atoms with Crippen molar-refractivity contribution in [1.82, 2.24) is 0 Å². The molecule has 0 radical (unpaired) electrons. The molecular weight excluding hydrogens is 174 g/mol. The predicted molar refractivity (Wildman–Crippen MR) is 60.2 cm³/mol. The molecule has 2 nitrogen and oxygen atoms in total. The zero-order chi connectivity index (χ0) is 10.8. The van der Waals surface area contributed by atoms with E-state index in [4.69, 9.17) is 10.5 Å². The molecule has 14 heavy (non-hydrogen) atoms. The number of hydrogen-bond acceptors (Lipinski definition) is 2. The Kier molecular flexibility index (Phi) is 3.38. The third-order valence-electron chi connectivity index (χ3n) is 3.21. The highest BCUT2D eigenvalue weighted by Gasteiger charge is 2.35. The van der Waals surface area contributed by atoms with Crippen LogP contribution in [0.25, 0.3) is 0 Å². The maximum absolute atomic E-state index is 5.94. The van der Waals surface area contributed by atoms with Crippen LogP contribution in [-0.2, 0) is 4.74 Å². The van der Waals surface area contributed by atoms with Gasteiger partial charge in [0, 0.05) is 6.54 Å². The minimum atomic E-state index is 0.0328. The Hall–Kier alpha value is -0.340. The van der Waals surface area contributed by atoms with Crippen LogP contribution in [0.15, 0.2) is 12.7 Å². The second-order valence-electron chi connectivity index (χ2n) is 5.30. The van der Waals surface area contributed by atoms with Crippen molar-refractivity contribution >= 4 is 0 Å². The van der Waals surface area contributed by atoms with Gasteiger partial charge >= 0.3 is 0 Å². The topological polar surface area (TPSA) is 35.2 Å². The van der Waals surface area contributed by atoms with E-state index in [-0.39, 0.29) is 11.0 Å². The molecule has 0 saturated carbocycles. The molecule has 1 rings (SSSR count). The summed E-state index contributed by atoms with van der Waals surface area (Å²) in [4.78, 5) is 0. The fourth-order valence-corrected chi connectivity index (χ4v) is 1.99. The molecule has 82 valence electrons. The maximum Gasteiger partial charge on any atom is 0.0631 e. The van der Waals surface area contributed by atoms with Crippen LogP contribution in [0.1, 0.15) is 40.0 Å². The van der Waals surface area contributed by atoms with Gasteiger partial charge in [-0.1, -0.05) is 13.0 Å². The van der Waals surface area contributed by atoms with E-state index < -0.39 is 0 Å². The molecule has 0 aromatic carbocycles. The lowest BCUT2D eigenvalue weighted by atomic mass is 9.84. The number of hydrogen-bond donors (Lipinski definition) is 1. The molecular formula is C12H23NO. The molecule has 2 heteroatoms. The first-order valence-corrected chi connectivity index (χ1v) is 5.42. The minimum absolute atomic E-state index is 0.0328. The van der Waals surface area contributed by atoms with Crippen LogP contribution in [0.4, 0.5) is 0 Å². The molecule has 1 aliphatic rings. The standard InChI is InChI=1S/C12H23NO/c1-5-12(4,9-13)8-10-6-7-11(2,3)14-10/h5,10H,1,6-9,13H2,2-4H3. The first-order chi connectivity index (χ1) is 6.41. The van der Waals surface area contributed by atoms with Gasteiger partial charge in [-0.2, -0.15) is 0 Å². The third kappa shape index (κ3) is 2.82. The Morgan fingerprint density at radius 2 is 2.29 bits per heavy atom. The largest absolute Gasteiger partial charge is 0.372 e. The van der Waals surface area contributed by atoms with Crippen LogP contribution < -0.4 is 5.73 Å². The summed E-state index contributed by atoms with van der Waals surface area (Å²) in [6, 6.07) is 0. The summed E-state index contributed by atoms with van der Waals surface area (Å²) in [5.74, 6) is 0. The fraction of sp³-hybridized carbons (Fsp3) is 0.833. The van der Waals surface area contributed by atoms with Crippen molar-refractivity contribution in [3.8, 4) is 0 Å². The number of nitrogens with two attached hydrogens (primary N) is 1. The molecule has 0 aliphatic carbocycles. The summed E-state index contributed by atoms with van der Waals surface area (Å²) < 4.78 is 5.94. The second kappa shape index (κ2) is 4.03. The summed E-state index contributed by atoms with van der Waals surface area (Å²) in [6.07, 6.45) is 5.61. The minimum Gasteiger partial charge on any atom is -0.372 e. The van der Waals surface area contributed by atoms with Crippen LogP contribution in [0.3, 0.4) is 0 Å². The molecule has 1 saturated heterocycles. The van der Waals surface area contributed by atoms with Crippen molar-refractivity contribution in [1.29, 1.82) is 0 Å². The first-order valence-electron chi connectivity index (χ1n) is 5.42. The normalized spacial score (nSPS) is 29.9. The quantitative estimate of drug-likeness (QED) is 0.703. The maximum atomic E-state index is 5.94. The van der Waals surface area contributed by atoms with Gasteiger partial charge in [0.25, 0.3) is 0 Å². The molecule has 2 N–H and O–H groups in total. The Morgan fingerprint density at radius 3 is 2.64 bits per heavy atom. The van der Waals surface area contributed by atoms with E-state index in [1.165, 1.54) is 0 Å². The van der Waals surface area contributed by atoms with Crippen LogP contribution in [0.5, 0.6) is 0 Å². The van der Waals surface area contributed by atoms with Gasteiger partial charge in [-0.05, 0) is 38.5 Å². The van der Waals surface area contributed by atoms with Crippen molar-refractivity contribution in [3.05, 3.63) is 12.7 Å². The summed E-state index contributed by atoms with van der Waals surface area (Å²) in [5, 5.41) is 0. The van der Waals surface area contributed by atoms with Crippen molar-refractivity contribution in [3.63, 3.8) is 0 Å². The average Bonchev–Trinajstić information content (AvgIpc) is 2.45. The van der Waals surface area contributed by atoms with Crippen LogP contribution in [0.2, 0.25) is 0 Å². The van der Waals surface area contributed by atoms with E-state index in [9.17, 15) is 0 Å². The lowest BCUT2D eigenvalue weighted by Crippen LogP contribution is -2.30. The van der Waals surface area contributed by atoms with Gasteiger partial charge in [-0.25, -0.2) is 0 Å². The molecule has 0 bridgehead atoms. The van der Waals surface area contributed by atoms with E-state index >= 15 is 0 Å². The molecule has 0 amide bonds. The summed E-state index contributed by atoms with van der Waals surface area (Å²) >= 11 is 0. The van der Waals surface area contributed by atoms with E-state index in [0.717, 1.165) is 19.3 Å². The predicted octanol–water partition coefficient (Wildman–Crippen LogP) is 2.49. The third-order valence-corrected chi connectivity index (χ3v) is 3.21. The first kappa shape index (κ1) is 11.7. The molecule has 0 aromatic rings.